The third kappa shape index (κ3) is 4.42. The summed E-state index contributed by atoms with van der Waals surface area (Å²) in [6.45, 7) is 4.18. The van der Waals surface area contributed by atoms with Crippen molar-refractivity contribution in [2.75, 3.05) is 5.32 Å². The number of para-hydroxylation sites is 1. The molecule has 29 heavy (non-hydrogen) atoms. The number of carbonyl (C=O) groups excluding carboxylic acids is 1. The van der Waals surface area contributed by atoms with E-state index >= 15 is 0 Å². The van der Waals surface area contributed by atoms with Crippen molar-refractivity contribution < 1.29 is 9.53 Å². The predicted octanol–water partition coefficient (Wildman–Crippen LogP) is 4.32. The quantitative estimate of drug-likeness (QED) is 0.515. The predicted molar refractivity (Wildman–Crippen MR) is 111 cm³/mol. The minimum Gasteiger partial charge on any atom is -0.410 e. The topological polar surface area (TPSA) is 81.4 Å². The van der Waals surface area contributed by atoms with Gasteiger partial charge in [-0.1, -0.05) is 43.4 Å². The summed E-state index contributed by atoms with van der Waals surface area (Å²) in [5.74, 6) is 6.89. The number of nitrogens with zero attached hydrogens (tertiary/aromatic N) is 4. The molecule has 0 bridgehead atoms. The van der Waals surface area contributed by atoms with Crippen LogP contribution in [0, 0.1) is 11.8 Å². The maximum absolute atomic E-state index is 11.9. The van der Waals surface area contributed by atoms with Crippen LogP contribution in [0.4, 0.5) is 9.93 Å². The second kappa shape index (κ2) is 8.12. The van der Waals surface area contributed by atoms with Gasteiger partial charge in [0.25, 0.3) is 0 Å². The molecule has 1 amide bonds. The monoisotopic (exact) mass is 403 g/mol. The van der Waals surface area contributed by atoms with Gasteiger partial charge in [0.05, 0.1) is 23.0 Å². The standard InChI is InChI=1S/C21H17N5O2S/c1-14(2)18-10-11-19-22-12-15(26(19)25-18)8-9-17-13-23-20(29-17)24-21(27)28-16-6-4-3-5-7-16/h3-7,10-14H,1-2H3,(H,23,24,27). The van der Waals surface area contributed by atoms with E-state index in [0.29, 0.717) is 27.4 Å². The first-order chi connectivity index (χ1) is 14.1. The van der Waals surface area contributed by atoms with E-state index in [1.807, 2.05) is 18.2 Å². The lowest BCUT2D eigenvalue weighted by molar-refractivity contribution is 0.215. The van der Waals surface area contributed by atoms with Gasteiger partial charge >= 0.3 is 6.09 Å². The van der Waals surface area contributed by atoms with Crippen LogP contribution in [-0.4, -0.2) is 25.7 Å². The fraction of sp³-hybridized carbons (Fsp3) is 0.143. The molecule has 0 radical (unpaired) electrons. The van der Waals surface area contributed by atoms with Crippen LogP contribution in [0.15, 0.2) is 54.9 Å². The number of hydrogen-bond acceptors (Lipinski definition) is 6. The molecule has 1 N–H and O–H groups in total. The van der Waals surface area contributed by atoms with Crippen molar-refractivity contribution in [3.63, 3.8) is 0 Å². The van der Waals surface area contributed by atoms with Crippen molar-refractivity contribution in [3.05, 3.63) is 71.1 Å². The van der Waals surface area contributed by atoms with E-state index in [0.717, 1.165) is 11.3 Å². The molecule has 8 heteroatoms. The molecule has 3 heterocycles. The molecule has 0 spiro atoms. The summed E-state index contributed by atoms with van der Waals surface area (Å²) >= 11 is 1.26. The van der Waals surface area contributed by atoms with Crippen molar-refractivity contribution in [3.8, 4) is 17.6 Å². The zero-order valence-corrected chi connectivity index (χ0v) is 16.6. The van der Waals surface area contributed by atoms with Crippen molar-refractivity contribution in [1.82, 2.24) is 19.6 Å². The molecular weight excluding hydrogens is 386 g/mol. The zero-order chi connectivity index (χ0) is 20.2. The lowest BCUT2D eigenvalue weighted by atomic mass is 10.1. The molecule has 0 aliphatic carbocycles. The number of ether oxygens (including phenoxy) is 1. The number of thiazole rings is 1. The van der Waals surface area contributed by atoms with Gasteiger partial charge in [-0.25, -0.2) is 19.3 Å². The van der Waals surface area contributed by atoms with E-state index in [2.05, 4.69) is 46.1 Å². The van der Waals surface area contributed by atoms with Crippen LogP contribution in [0.5, 0.6) is 5.75 Å². The Morgan fingerprint density at radius 3 is 2.72 bits per heavy atom. The molecule has 0 saturated carbocycles. The van der Waals surface area contributed by atoms with Gasteiger partial charge in [-0.3, -0.25) is 5.32 Å². The first-order valence-electron chi connectivity index (χ1n) is 8.95. The van der Waals surface area contributed by atoms with Crippen molar-refractivity contribution in [1.29, 1.82) is 0 Å². The molecule has 144 valence electrons. The van der Waals surface area contributed by atoms with Crippen LogP contribution in [0.3, 0.4) is 0 Å². The molecule has 3 aromatic heterocycles. The van der Waals surface area contributed by atoms with Gasteiger partial charge in [-0.15, -0.1) is 0 Å². The SMILES string of the molecule is CC(C)c1ccc2ncc(C#Cc3cnc(NC(=O)Oc4ccccc4)s3)n2n1. The van der Waals surface area contributed by atoms with Crippen LogP contribution in [0.1, 0.15) is 36.0 Å². The van der Waals surface area contributed by atoms with E-state index < -0.39 is 6.09 Å². The Bertz CT molecular complexity index is 1220. The fourth-order valence-corrected chi connectivity index (χ4v) is 3.16. The number of fused-ring (bicyclic) bond motifs is 1. The minimum atomic E-state index is -0.600. The number of rotatable bonds is 3. The smallest absolute Gasteiger partial charge is 0.410 e. The van der Waals surface area contributed by atoms with Gasteiger partial charge in [-0.05, 0) is 42.0 Å². The Hall–Kier alpha value is -3.70. The number of aromatic nitrogens is 4. The molecule has 0 unspecified atom stereocenters. The second-order valence-corrected chi connectivity index (χ2v) is 7.46. The highest BCUT2D eigenvalue weighted by molar-refractivity contribution is 7.16. The summed E-state index contributed by atoms with van der Waals surface area (Å²) in [5.41, 5.74) is 2.41. The van der Waals surface area contributed by atoms with Gasteiger partial charge < -0.3 is 4.74 Å². The fourth-order valence-electron chi connectivity index (χ4n) is 2.50. The minimum absolute atomic E-state index is 0.313. The Balaban J connectivity index is 1.47. The van der Waals surface area contributed by atoms with Crippen molar-refractivity contribution in [2.45, 2.75) is 19.8 Å². The molecule has 1 aromatic carbocycles. The number of anilines is 1. The highest BCUT2D eigenvalue weighted by Crippen LogP contribution is 2.18. The third-order valence-corrected chi connectivity index (χ3v) is 4.78. The molecule has 0 aliphatic rings. The molecule has 0 atom stereocenters. The zero-order valence-electron chi connectivity index (χ0n) is 15.8. The molecule has 0 saturated heterocycles. The molecule has 0 aliphatic heterocycles. The summed E-state index contributed by atoms with van der Waals surface area (Å²) in [5, 5.41) is 7.61. The number of carbonyl (C=O) groups is 1. The van der Waals surface area contributed by atoms with Gasteiger partial charge in [0.1, 0.15) is 11.4 Å². The van der Waals surface area contributed by atoms with Crippen LogP contribution in [-0.2, 0) is 0 Å². The second-order valence-electron chi connectivity index (χ2n) is 6.43. The summed E-state index contributed by atoms with van der Waals surface area (Å²) in [6, 6.07) is 12.7. The van der Waals surface area contributed by atoms with Crippen LogP contribution in [0.2, 0.25) is 0 Å². The largest absolute Gasteiger partial charge is 0.418 e. The number of amides is 1. The lowest BCUT2D eigenvalue weighted by Crippen LogP contribution is -2.16. The van der Waals surface area contributed by atoms with Crippen LogP contribution >= 0.6 is 11.3 Å². The Morgan fingerprint density at radius 1 is 1.10 bits per heavy atom. The van der Waals surface area contributed by atoms with Gasteiger partial charge in [0.15, 0.2) is 10.8 Å². The third-order valence-electron chi connectivity index (χ3n) is 3.96. The highest BCUT2D eigenvalue weighted by atomic mass is 32.1. The summed E-state index contributed by atoms with van der Waals surface area (Å²) in [7, 11) is 0. The molecule has 0 fully saturated rings. The Kier molecular flexibility index (Phi) is 5.22. The average molecular weight is 403 g/mol. The number of imidazole rings is 1. The lowest BCUT2D eigenvalue weighted by Gasteiger charge is -2.04. The first kappa shape index (κ1) is 18.7. The summed E-state index contributed by atoms with van der Waals surface area (Å²) in [6.07, 6.45) is 2.69. The van der Waals surface area contributed by atoms with Gasteiger partial charge in [0.2, 0.25) is 0 Å². The summed E-state index contributed by atoms with van der Waals surface area (Å²) in [4.78, 5) is 21.1. The average Bonchev–Trinajstić information content (AvgIpc) is 3.33. The van der Waals surface area contributed by atoms with Crippen LogP contribution < -0.4 is 10.1 Å². The number of hydrogen-bond donors (Lipinski definition) is 1. The van der Waals surface area contributed by atoms with Crippen LogP contribution in [0.25, 0.3) is 5.65 Å². The van der Waals surface area contributed by atoms with E-state index in [1.54, 1.807) is 41.2 Å². The summed E-state index contributed by atoms with van der Waals surface area (Å²) < 4.78 is 6.92. The maximum Gasteiger partial charge on any atom is 0.418 e. The number of nitrogens with one attached hydrogen (secondary N) is 1. The van der Waals surface area contributed by atoms with Crippen molar-refractivity contribution in [2.24, 2.45) is 0 Å². The molecule has 7 nitrogen and oxygen atoms in total. The molecule has 4 aromatic rings. The molecular formula is C21H17N5O2S. The maximum atomic E-state index is 11.9. The normalized spacial score (nSPS) is 10.6. The Morgan fingerprint density at radius 2 is 1.93 bits per heavy atom. The Labute approximate surface area is 171 Å². The highest BCUT2D eigenvalue weighted by Gasteiger charge is 2.09. The van der Waals surface area contributed by atoms with E-state index in [4.69, 9.17) is 4.74 Å². The first-order valence-corrected chi connectivity index (χ1v) is 9.76. The van der Waals surface area contributed by atoms with Crippen molar-refractivity contribution >= 4 is 28.2 Å². The molecule has 4 rings (SSSR count). The van der Waals surface area contributed by atoms with Gasteiger partial charge in [-0.2, -0.15) is 5.10 Å². The van der Waals surface area contributed by atoms with E-state index in [-0.39, 0.29) is 0 Å². The van der Waals surface area contributed by atoms with E-state index in [9.17, 15) is 4.79 Å². The van der Waals surface area contributed by atoms with E-state index in [1.165, 1.54) is 11.3 Å². The number of benzene rings is 1. The van der Waals surface area contributed by atoms with Gasteiger partial charge in [0, 0.05) is 0 Å².